The Kier molecular flexibility index (Phi) is 6.91. The van der Waals surface area contributed by atoms with Crippen LogP contribution in [-0.4, -0.2) is 13.2 Å². The predicted octanol–water partition coefficient (Wildman–Crippen LogP) is 7.66. The van der Waals surface area contributed by atoms with Gasteiger partial charge in [-0.3, -0.25) is 0 Å². The molecule has 33 heavy (non-hydrogen) atoms. The lowest BCUT2D eigenvalue weighted by molar-refractivity contribution is -0.0777. The molecule has 5 rings (SSSR count). The largest absolute Gasteiger partial charge is 0.381 e. The van der Waals surface area contributed by atoms with Crippen molar-refractivity contribution in [1.29, 1.82) is 5.26 Å². The van der Waals surface area contributed by atoms with Gasteiger partial charge >= 0.3 is 0 Å². The van der Waals surface area contributed by atoms with Gasteiger partial charge in [0.1, 0.15) is 0 Å². The Morgan fingerprint density at radius 3 is 2.67 bits per heavy atom. The molecule has 0 saturated heterocycles. The SMILES string of the molecule is CCOC[C@H]1CC[C@@H]2C3CC[C@@]4(C)C(CCC4[C@@H](C)Cc4ccccc4C#N)[C@@H]3CC[C@@H]2C1. The van der Waals surface area contributed by atoms with E-state index in [0.717, 1.165) is 66.6 Å². The van der Waals surface area contributed by atoms with Gasteiger partial charge in [-0.15, -0.1) is 0 Å². The molecular formula is C31H45NO. The first-order valence-corrected chi connectivity index (χ1v) is 14.1. The standard InChI is InChI=1S/C31H45NO/c1-4-33-20-22-9-11-26-24(18-22)10-12-28-27(26)15-16-31(3)29(13-14-30(28)31)21(2)17-23-7-5-6-8-25(23)19-32/h5-8,21-22,24,26-30H,4,9-18,20H2,1-3H3/t21-,22-,24+,26-,27?,28+,29?,30?,31+/m0/s1. The minimum absolute atomic E-state index is 0.515. The van der Waals surface area contributed by atoms with E-state index in [4.69, 9.17) is 4.74 Å². The van der Waals surface area contributed by atoms with Crippen LogP contribution in [0.2, 0.25) is 0 Å². The smallest absolute Gasteiger partial charge is 0.0994 e. The number of hydrogen-bond donors (Lipinski definition) is 0. The van der Waals surface area contributed by atoms with E-state index in [1.54, 1.807) is 0 Å². The Labute approximate surface area is 202 Å². The zero-order chi connectivity index (χ0) is 23.0. The van der Waals surface area contributed by atoms with Gasteiger partial charge in [-0.2, -0.15) is 5.26 Å². The third-order valence-electron chi connectivity index (χ3n) is 11.1. The molecule has 2 heteroatoms. The minimum Gasteiger partial charge on any atom is -0.381 e. The molecule has 0 radical (unpaired) electrons. The predicted molar refractivity (Wildman–Crippen MR) is 135 cm³/mol. The second-order valence-corrected chi connectivity index (χ2v) is 12.5. The van der Waals surface area contributed by atoms with Crippen molar-refractivity contribution in [3.05, 3.63) is 35.4 Å². The lowest BCUT2D eigenvalue weighted by atomic mass is 9.48. The second kappa shape index (κ2) is 9.73. The van der Waals surface area contributed by atoms with Crippen LogP contribution in [0.15, 0.2) is 24.3 Å². The topological polar surface area (TPSA) is 33.0 Å². The number of rotatable bonds is 6. The summed E-state index contributed by atoms with van der Waals surface area (Å²) < 4.78 is 5.80. The van der Waals surface area contributed by atoms with Crippen molar-refractivity contribution < 1.29 is 4.74 Å². The summed E-state index contributed by atoms with van der Waals surface area (Å²) in [5.74, 6) is 7.21. The zero-order valence-electron chi connectivity index (χ0n) is 21.3. The fourth-order valence-corrected chi connectivity index (χ4v) is 9.66. The van der Waals surface area contributed by atoms with E-state index < -0.39 is 0 Å². The zero-order valence-corrected chi connectivity index (χ0v) is 21.3. The number of fused-ring (bicyclic) bond motifs is 5. The molecule has 2 nitrogen and oxygen atoms in total. The molecule has 1 aromatic rings. The first kappa shape index (κ1) is 23.4. The average molecular weight is 448 g/mol. The first-order chi connectivity index (χ1) is 16.0. The lowest BCUT2D eigenvalue weighted by Gasteiger charge is -2.57. The highest BCUT2D eigenvalue weighted by molar-refractivity contribution is 5.37. The van der Waals surface area contributed by atoms with Gasteiger partial charge in [0.05, 0.1) is 11.6 Å². The summed E-state index contributed by atoms with van der Waals surface area (Å²) in [6, 6.07) is 10.7. The van der Waals surface area contributed by atoms with Crippen LogP contribution in [0.25, 0.3) is 0 Å². The third kappa shape index (κ3) is 4.29. The molecule has 180 valence electrons. The molecule has 3 unspecified atom stereocenters. The van der Waals surface area contributed by atoms with Crippen LogP contribution in [0.1, 0.15) is 89.7 Å². The summed E-state index contributed by atoms with van der Waals surface area (Å²) in [4.78, 5) is 0. The molecule has 4 aliphatic carbocycles. The Morgan fingerprint density at radius 1 is 1.03 bits per heavy atom. The van der Waals surface area contributed by atoms with Gasteiger partial charge in [0.15, 0.2) is 0 Å². The number of benzene rings is 1. The highest BCUT2D eigenvalue weighted by Crippen LogP contribution is 2.65. The van der Waals surface area contributed by atoms with E-state index in [0.29, 0.717) is 11.3 Å². The molecule has 0 aromatic heterocycles. The molecule has 4 fully saturated rings. The van der Waals surface area contributed by atoms with Gasteiger partial charge in [0.25, 0.3) is 0 Å². The summed E-state index contributed by atoms with van der Waals surface area (Å²) in [7, 11) is 0. The van der Waals surface area contributed by atoms with Gasteiger partial charge < -0.3 is 4.74 Å². The highest BCUT2D eigenvalue weighted by atomic mass is 16.5. The van der Waals surface area contributed by atoms with Crippen LogP contribution in [0.4, 0.5) is 0 Å². The minimum atomic E-state index is 0.515. The molecule has 9 atom stereocenters. The molecule has 0 spiro atoms. The van der Waals surface area contributed by atoms with Crippen LogP contribution in [0.5, 0.6) is 0 Å². The average Bonchev–Trinajstić information content (AvgIpc) is 3.20. The first-order valence-electron chi connectivity index (χ1n) is 14.1. The normalized spacial score (nSPS) is 40.8. The lowest BCUT2D eigenvalue weighted by Crippen LogP contribution is -2.49. The Morgan fingerprint density at radius 2 is 1.85 bits per heavy atom. The van der Waals surface area contributed by atoms with Crippen LogP contribution in [0.3, 0.4) is 0 Å². The van der Waals surface area contributed by atoms with Crippen molar-refractivity contribution in [2.24, 2.45) is 52.8 Å². The number of ether oxygens (including phenoxy) is 1. The van der Waals surface area contributed by atoms with Crippen molar-refractivity contribution in [2.75, 3.05) is 13.2 Å². The Hall–Kier alpha value is -1.33. The Bertz CT molecular complexity index is 857. The molecule has 0 aliphatic heterocycles. The monoisotopic (exact) mass is 447 g/mol. The third-order valence-corrected chi connectivity index (χ3v) is 11.1. The maximum Gasteiger partial charge on any atom is 0.0994 e. The van der Waals surface area contributed by atoms with Gasteiger partial charge in [-0.05, 0) is 136 Å². The van der Waals surface area contributed by atoms with Gasteiger partial charge in [-0.1, -0.05) is 32.0 Å². The molecule has 0 bridgehead atoms. The van der Waals surface area contributed by atoms with Crippen LogP contribution < -0.4 is 0 Å². The van der Waals surface area contributed by atoms with E-state index in [-0.39, 0.29) is 0 Å². The van der Waals surface area contributed by atoms with E-state index in [1.165, 1.54) is 63.4 Å². The van der Waals surface area contributed by atoms with Crippen molar-refractivity contribution in [1.82, 2.24) is 0 Å². The van der Waals surface area contributed by atoms with E-state index >= 15 is 0 Å². The molecule has 4 saturated carbocycles. The van der Waals surface area contributed by atoms with Gasteiger partial charge in [0, 0.05) is 13.2 Å². The van der Waals surface area contributed by atoms with E-state index in [9.17, 15) is 5.26 Å². The summed E-state index contributed by atoms with van der Waals surface area (Å²) in [6.07, 6.45) is 14.1. The maximum atomic E-state index is 9.56. The molecule has 0 heterocycles. The summed E-state index contributed by atoms with van der Waals surface area (Å²) >= 11 is 0. The van der Waals surface area contributed by atoms with E-state index in [2.05, 4.69) is 39.0 Å². The van der Waals surface area contributed by atoms with E-state index in [1.807, 2.05) is 12.1 Å². The molecule has 1 aromatic carbocycles. The molecule has 0 N–H and O–H groups in total. The number of hydrogen-bond acceptors (Lipinski definition) is 2. The maximum absolute atomic E-state index is 9.56. The van der Waals surface area contributed by atoms with Crippen LogP contribution >= 0.6 is 0 Å². The van der Waals surface area contributed by atoms with Crippen molar-refractivity contribution in [3.63, 3.8) is 0 Å². The van der Waals surface area contributed by atoms with Crippen molar-refractivity contribution in [2.45, 2.75) is 85.0 Å². The van der Waals surface area contributed by atoms with Crippen LogP contribution in [0, 0.1) is 64.1 Å². The van der Waals surface area contributed by atoms with Crippen molar-refractivity contribution >= 4 is 0 Å². The summed E-state index contributed by atoms with van der Waals surface area (Å²) in [5.41, 5.74) is 2.66. The quantitative estimate of drug-likeness (QED) is 0.448. The number of nitriles is 1. The fourth-order valence-electron chi connectivity index (χ4n) is 9.66. The number of nitrogens with zero attached hydrogens (tertiary/aromatic N) is 1. The van der Waals surface area contributed by atoms with Crippen molar-refractivity contribution in [3.8, 4) is 6.07 Å². The Balaban J connectivity index is 1.26. The fraction of sp³-hybridized carbons (Fsp3) is 0.774. The summed E-state index contributed by atoms with van der Waals surface area (Å²) in [5, 5.41) is 9.56. The molecule has 0 amide bonds. The van der Waals surface area contributed by atoms with Gasteiger partial charge in [-0.25, -0.2) is 0 Å². The summed E-state index contributed by atoms with van der Waals surface area (Å²) in [6.45, 7) is 9.16. The highest BCUT2D eigenvalue weighted by Gasteiger charge is 2.57. The second-order valence-electron chi connectivity index (χ2n) is 12.5. The molecule has 4 aliphatic rings. The van der Waals surface area contributed by atoms with Gasteiger partial charge in [0.2, 0.25) is 0 Å². The molecular weight excluding hydrogens is 402 g/mol. The van der Waals surface area contributed by atoms with Crippen LogP contribution in [-0.2, 0) is 11.2 Å².